The molecule has 0 radical (unpaired) electrons. The molecule has 1 saturated carbocycles. The Balaban J connectivity index is 2.79. The monoisotopic (exact) mass is 136 g/mol. The Kier molecular flexibility index (Phi) is 1.51. The van der Waals surface area contributed by atoms with Crippen LogP contribution in [0, 0.1) is 5.41 Å². The van der Waals surface area contributed by atoms with Gasteiger partial charge in [-0.3, -0.25) is 4.79 Å². The molecule has 1 aliphatic carbocycles. The smallest absolute Gasteiger partial charge is 0.146 e. The van der Waals surface area contributed by atoms with Gasteiger partial charge in [0.15, 0.2) is 0 Å². The van der Waals surface area contributed by atoms with Gasteiger partial charge in [0.25, 0.3) is 0 Å². The fourth-order valence-corrected chi connectivity index (χ4v) is 1.26. The number of hydrogen-bond donors (Lipinski definition) is 0. The number of carbonyl (C=O) groups excluding carboxylic acids is 1. The first-order chi connectivity index (χ1) is 4.63. The summed E-state index contributed by atoms with van der Waals surface area (Å²) in [6.45, 7) is 9.50. The topological polar surface area (TPSA) is 17.1 Å². The van der Waals surface area contributed by atoms with Gasteiger partial charge in [0.05, 0.1) is 0 Å². The molecule has 54 valence electrons. The van der Waals surface area contributed by atoms with Crippen molar-refractivity contribution >= 4 is 6.29 Å². The first-order valence-corrected chi connectivity index (χ1v) is 3.44. The average molecular weight is 136 g/mol. The Hall–Kier alpha value is -0.850. The van der Waals surface area contributed by atoms with Gasteiger partial charge >= 0.3 is 0 Å². The minimum Gasteiger partial charge on any atom is -0.298 e. The van der Waals surface area contributed by atoms with Gasteiger partial charge in [-0.1, -0.05) is 18.7 Å². The molecule has 0 saturated heterocycles. The molecule has 1 aliphatic rings. The Morgan fingerprint density at radius 1 is 1.50 bits per heavy atom. The highest BCUT2D eigenvalue weighted by molar-refractivity contribution is 5.77. The van der Waals surface area contributed by atoms with Gasteiger partial charge < -0.3 is 0 Å². The lowest BCUT2D eigenvalue weighted by atomic mass is 9.91. The molecule has 0 aliphatic heterocycles. The number of carbonyl (C=O) groups is 1. The lowest BCUT2D eigenvalue weighted by Crippen LogP contribution is -2.05. The van der Waals surface area contributed by atoms with E-state index in [1.54, 1.807) is 0 Å². The number of allylic oxidation sites excluding steroid dienone is 2. The number of rotatable bonds is 3. The quantitative estimate of drug-likeness (QED) is 0.330. The van der Waals surface area contributed by atoms with E-state index in [1.165, 1.54) is 0 Å². The molecule has 0 aromatic heterocycles. The Morgan fingerprint density at radius 2 is 2.00 bits per heavy atom. The van der Waals surface area contributed by atoms with Crippen molar-refractivity contribution in [3.8, 4) is 0 Å². The maximum atomic E-state index is 10.4. The summed E-state index contributed by atoms with van der Waals surface area (Å²) in [6.07, 6.45) is 2.96. The Bertz CT molecular complexity index is 197. The highest BCUT2D eigenvalue weighted by atomic mass is 16.1. The predicted octanol–water partition coefficient (Wildman–Crippen LogP) is 2.10. The summed E-state index contributed by atoms with van der Waals surface area (Å²) in [6, 6.07) is 0. The fourth-order valence-electron chi connectivity index (χ4n) is 1.26. The predicted molar refractivity (Wildman–Crippen MR) is 41.7 cm³/mol. The Morgan fingerprint density at radius 3 is 2.10 bits per heavy atom. The van der Waals surface area contributed by atoms with E-state index in [-0.39, 0.29) is 5.41 Å². The summed E-state index contributed by atoms with van der Waals surface area (Å²) in [5.74, 6) is 0. The van der Waals surface area contributed by atoms with Crippen LogP contribution in [0.15, 0.2) is 24.3 Å². The first-order valence-electron chi connectivity index (χ1n) is 3.44. The van der Waals surface area contributed by atoms with Crippen LogP contribution in [0.5, 0.6) is 0 Å². The van der Waals surface area contributed by atoms with E-state index < -0.39 is 0 Å². The highest BCUT2D eigenvalue weighted by Gasteiger charge is 2.45. The zero-order valence-corrected chi connectivity index (χ0v) is 6.31. The molecule has 0 aromatic carbocycles. The molecule has 0 amide bonds. The Labute approximate surface area is 61.4 Å². The molecular formula is C9H12O. The van der Waals surface area contributed by atoms with Gasteiger partial charge in [0, 0.05) is 5.41 Å². The van der Waals surface area contributed by atoms with E-state index in [1.807, 2.05) is 6.92 Å². The van der Waals surface area contributed by atoms with Crippen LogP contribution >= 0.6 is 0 Å². The zero-order chi connectivity index (χ0) is 7.78. The van der Waals surface area contributed by atoms with E-state index in [2.05, 4.69) is 13.2 Å². The van der Waals surface area contributed by atoms with Crippen molar-refractivity contribution in [3.63, 3.8) is 0 Å². The van der Waals surface area contributed by atoms with Gasteiger partial charge in [-0.2, -0.15) is 0 Å². The molecule has 0 heterocycles. The summed E-state index contributed by atoms with van der Waals surface area (Å²) in [5, 5.41) is 0. The normalized spacial score (nSPS) is 19.7. The fraction of sp³-hybridized carbons (Fsp3) is 0.444. The van der Waals surface area contributed by atoms with E-state index in [9.17, 15) is 4.79 Å². The summed E-state index contributed by atoms with van der Waals surface area (Å²) in [4.78, 5) is 10.4. The molecule has 1 heteroatoms. The van der Waals surface area contributed by atoms with Crippen LogP contribution in [0.2, 0.25) is 0 Å². The van der Waals surface area contributed by atoms with Crippen LogP contribution in [0.1, 0.15) is 19.8 Å². The van der Waals surface area contributed by atoms with Gasteiger partial charge in [0.1, 0.15) is 6.29 Å². The van der Waals surface area contributed by atoms with Crippen molar-refractivity contribution in [2.45, 2.75) is 19.8 Å². The SMILES string of the molecule is C=C(C)C1(C(=C)C=O)CC1. The van der Waals surface area contributed by atoms with Crippen molar-refractivity contribution in [1.29, 1.82) is 0 Å². The largest absolute Gasteiger partial charge is 0.298 e. The van der Waals surface area contributed by atoms with Gasteiger partial charge in [-0.25, -0.2) is 0 Å². The van der Waals surface area contributed by atoms with Crippen LogP contribution in [-0.2, 0) is 4.79 Å². The molecular weight excluding hydrogens is 124 g/mol. The van der Waals surface area contributed by atoms with Crippen molar-refractivity contribution in [2.75, 3.05) is 0 Å². The second kappa shape index (κ2) is 2.08. The average Bonchev–Trinajstić information content (AvgIpc) is 2.65. The van der Waals surface area contributed by atoms with Gasteiger partial charge in [0.2, 0.25) is 0 Å². The van der Waals surface area contributed by atoms with E-state index in [4.69, 9.17) is 0 Å². The molecule has 1 nitrogen and oxygen atoms in total. The molecule has 0 bridgehead atoms. The maximum Gasteiger partial charge on any atom is 0.146 e. The van der Waals surface area contributed by atoms with Crippen molar-refractivity contribution in [3.05, 3.63) is 24.3 Å². The van der Waals surface area contributed by atoms with Gasteiger partial charge in [-0.15, -0.1) is 0 Å². The standard InChI is InChI=1S/C9H12O/c1-7(2)9(4-5-9)8(3)6-10/h6H,1,3-5H2,2H3. The van der Waals surface area contributed by atoms with Crippen LogP contribution in [0.4, 0.5) is 0 Å². The van der Waals surface area contributed by atoms with E-state index >= 15 is 0 Å². The molecule has 0 atom stereocenters. The zero-order valence-electron chi connectivity index (χ0n) is 6.31. The van der Waals surface area contributed by atoms with Crippen LogP contribution in [-0.4, -0.2) is 6.29 Å². The molecule has 10 heavy (non-hydrogen) atoms. The summed E-state index contributed by atoms with van der Waals surface area (Å²) >= 11 is 0. The third-order valence-corrected chi connectivity index (χ3v) is 2.32. The van der Waals surface area contributed by atoms with Crippen LogP contribution in [0.3, 0.4) is 0 Å². The lowest BCUT2D eigenvalue weighted by molar-refractivity contribution is -0.105. The van der Waals surface area contributed by atoms with E-state index in [0.29, 0.717) is 5.57 Å². The molecule has 0 spiro atoms. The molecule has 0 unspecified atom stereocenters. The maximum absolute atomic E-state index is 10.4. The summed E-state index contributed by atoms with van der Waals surface area (Å²) in [5.41, 5.74) is 1.77. The molecule has 1 fully saturated rings. The number of aldehydes is 1. The third kappa shape index (κ3) is 0.821. The number of hydrogen-bond acceptors (Lipinski definition) is 1. The van der Waals surface area contributed by atoms with Crippen LogP contribution in [0.25, 0.3) is 0 Å². The molecule has 1 rings (SSSR count). The van der Waals surface area contributed by atoms with Crippen molar-refractivity contribution < 1.29 is 4.79 Å². The third-order valence-electron chi connectivity index (χ3n) is 2.32. The van der Waals surface area contributed by atoms with Crippen molar-refractivity contribution in [2.24, 2.45) is 5.41 Å². The molecule has 0 N–H and O–H groups in total. The van der Waals surface area contributed by atoms with E-state index in [0.717, 1.165) is 24.7 Å². The van der Waals surface area contributed by atoms with Crippen LogP contribution < -0.4 is 0 Å². The molecule has 0 aromatic rings. The second-order valence-corrected chi connectivity index (χ2v) is 3.01. The van der Waals surface area contributed by atoms with Crippen molar-refractivity contribution in [1.82, 2.24) is 0 Å². The summed E-state index contributed by atoms with van der Waals surface area (Å²) < 4.78 is 0. The summed E-state index contributed by atoms with van der Waals surface area (Å²) in [7, 11) is 0. The minimum absolute atomic E-state index is 0.00174. The van der Waals surface area contributed by atoms with Gasteiger partial charge in [-0.05, 0) is 25.3 Å². The second-order valence-electron chi connectivity index (χ2n) is 3.01. The highest BCUT2D eigenvalue weighted by Crippen LogP contribution is 2.55. The lowest BCUT2D eigenvalue weighted by Gasteiger charge is -2.12. The first kappa shape index (κ1) is 7.26. The minimum atomic E-state index is 0.00174.